The molecule has 0 spiro atoms. The van der Waals surface area contributed by atoms with E-state index in [4.69, 9.17) is 0 Å². The van der Waals surface area contributed by atoms with Crippen LogP contribution in [0.3, 0.4) is 0 Å². The van der Waals surface area contributed by atoms with Crippen molar-refractivity contribution < 1.29 is 17.9 Å². The SMILES string of the molecule is C=C(C#Cc1ccccc1)COCC(F)(F)F. The van der Waals surface area contributed by atoms with Gasteiger partial charge < -0.3 is 4.74 Å². The Kier molecular flexibility index (Phi) is 4.80. The van der Waals surface area contributed by atoms with Crippen molar-refractivity contribution in [1.82, 2.24) is 0 Å². The summed E-state index contributed by atoms with van der Waals surface area (Å²) in [6.07, 6.45) is -4.31. The van der Waals surface area contributed by atoms with Crippen molar-refractivity contribution in [3.8, 4) is 11.8 Å². The van der Waals surface area contributed by atoms with Crippen LogP contribution >= 0.6 is 0 Å². The van der Waals surface area contributed by atoms with E-state index in [1.165, 1.54) is 0 Å². The van der Waals surface area contributed by atoms with Crippen LogP contribution in [0.25, 0.3) is 0 Å². The third-order valence-corrected chi connectivity index (χ3v) is 1.70. The fourth-order valence-electron chi connectivity index (χ4n) is 1.01. The van der Waals surface area contributed by atoms with Gasteiger partial charge >= 0.3 is 6.18 Å². The second-order valence-corrected chi connectivity index (χ2v) is 3.33. The van der Waals surface area contributed by atoms with Crippen molar-refractivity contribution in [2.45, 2.75) is 6.18 Å². The van der Waals surface area contributed by atoms with E-state index in [9.17, 15) is 13.2 Å². The van der Waals surface area contributed by atoms with Crippen molar-refractivity contribution in [1.29, 1.82) is 0 Å². The van der Waals surface area contributed by atoms with Crippen LogP contribution in [0.1, 0.15) is 5.56 Å². The Morgan fingerprint density at radius 1 is 1.24 bits per heavy atom. The molecule has 0 amide bonds. The summed E-state index contributed by atoms with van der Waals surface area (Å²) in [6.45, 7) is 2.04. The van der Waals surface area contributed by atoms with Crippen molar-refractivity contribution in [2.75, 3.05) is 13.2 Å². The molecule has 0 aliphatic heterocycles. The fourth-order valence-corrected chi connectivity index (χ4v) is 1.01. The molecule has 0 aliphatic rings. The first-order chi connectivity index (χ1) is 7.97. The van der Waals surface area contributed by atoms with Crippen LogP contribution in [0.4, 0.5) is 13.2 Å². The summed E-state index contributed by atoms with van der Waals surface area (Å²) < 4.78 is 39.7. The van der Waals surface area contributed by atoms with Gasteiger partial charge in [0.15, 0.2) is 0 Å². The molecule has 0 N–H and O–H groups in total. The van der Waals surface area contributed by atoms with Gasteiger partial charge in [-0.05, 0) is 12.1 Å². The number of hydrogen-bond acceptors (Lipinski definition) is 1. The minimum absolute atomic E-state index is 0.209. The van der Waals surface area contributed by atoms with E-state index < -0.39 is 12.8 Å². The Morgan fingerprint density at radius 2 is 1.88 bits per heavy atom. The standard InChI is InChI=1S/C13H11F3O/c1-11(9-17-10-13(14,15)16)7-8-12-5-3-2-4-6-12/h2-6H,1,9-10H2. The average Bonchev–Trinajstić information content (AvgIpc) is 2.26. The van der Waals surface area contributed by atoms with Crippen molar-refractivity contribution in [3.63, 3.8) is 0 Å². The van der Waals surface area contributed by atoms with Crippen LogP contribution in [0, 0.1) is 11.8 Å². The van der Waals surface area contributed by atoms with E-state index in [0.717, 1.165) is 5.56 Å². The van der Waals surface area contributed by atoms with E-state index in [1.807, 2.05) is 18.2 Å². The second-order valence-electron chi connectivity index (χ2n) is 3.33. The second kappa shape index (κ2) is 6.12. The quantitative estimate of drug-likeness (QED) is 0.737. The van der Waals surface area contributed by atoms with Gasteiger partial charge in [0.25, 0.3) is 0 Å². The molecule has 4 heteroatoms. The normalized spacial score (nSPS) is 10.5. The third-order valence-electron chi connectivity index (χ3n) is 1.70. The number of ether oxygens (including phenoxy) is 1. The third kappa shape index (κ3) is 6.44. The predicted molar refractivity (Wildman–Crippen MR) is 59.3 cm³/mol. The molecule has 0 unspecified atom stereocenters. The lowest BCUT2D eigenvalue weighted by molar-refractivity contribution is -0.171. The van der Waals surface area contributed by atoms with Gasteiger partial charge in [0.1, 0.15) is 6.61 Å². The van der Waals surface area contributed by atoms with Crippen LogP contribution in [-0.4, -0.2) is 19.4 Å². The fraction of sp³-hybridized carbons (Fsp3) is 0.231. The molecule has 1 nitrogen and oxygen atoms in total. The highest BCUT2D eigenvalue weighted by Gasteiger charge is 2.27. The van der Waals surface area contributed by atoms with Gasteiger partial charge in [-0.15, -0.1) is 0 Å². The van der Waals surface area contributed by atoms with Crippen molar-refractivity contribution in [2.24, 2.45) is 0 Å². The maximum atomic E-state index is 11.8. The molecule has 0 aliphatic carbocycles. The van der Waals surface area contributed by atoms with Gasteiger partial charge in [0, 0.05) is 11.1 Å². The number of benzene rings is 1. The van der Waals surface area contributed by atoms with Gasteiger partial charge in [0.2, 0.25) is 0 Å². The summed E-state index contributed by atoms with van der Waals surface area (Å²) in [7, 11) is 0. The topological polar surface area (TPSA) is 9.23 Å². The first-order valence-electron chi connectivity index (χ1n) is 4.87. The molecule has 0 saturated carbocycles. The van der Waals surface area contributed by atoms with E-state index in [-0.39, 0.29) is 6.61 Å². The molecule has 17 heavy (non-hydrogen) atoms. The first kappa shape index (κ1) is 13.3. The smallest absolute Gasteiger partial charge is 0.367 e. The van der Waals surface area contributed by atoms with E-state index >= 15 is 0 Å². The summed E-state index contributed by atoms with van der Waals surface area (Å²) in [6, 6.07) is 9.11. The van der Waals surface area contributed by atoms with Crippen LogP contribution in [0.2, 0.25) is 0 Å². The van der Waals surface area contributed by atoms with E-state index in [1.54, 1.807) is 12.1 Å². The molecule has 0 aromatic heterocycles. The number of alkyl halides is 3. The highest BCUT2D eigenvalue weighted by atomic mass is 19.4. The van der Waals surface area contributed by atoms with Crippen LogP contribution in [0.15, 0.2) is 42.5 Å². The van der Waals surface area contributed by atoms with Crippen LogP contribution in [0.5, 0.6) is 0 Å². The van der Waals surface area contributed by atoms with E-state index in [2.05, 4.69) is 23.2 Å². The Hall–Kier alpha value is -1.73. The molecule has 0 fully saturated rings. The summed E-state index contributed by atoms with van der Waals surface area (Å²) in [5.74, 6) is 5.43. The van der Waals surface area contributed by atoms with Crippen molar-refractivity contribution >= 4 is 0 Å². The number of rotatable bonds is 3. The zero-order valence-electron chi connectivity index (χ0n) is 9.05. The van der Waals surface area contributed by atoms with Gasteiger partial charge in [-0.25, -0.2) is 0 Å². The van der Waals surface area contributed by atoms with Gasteiger partial charge in [-0.2, -0.15) is 13.2 Å². The highest BCUT2D eigenvalue weighted by Crippen LogP contribution is 2.14. The summed E-state index contributed by atoms with van der Waals surface area (Å²) in [5, 5.41) is 0. The predicted octanol–water partition coefficient (Wildman–Crippen LogP) is 3.17. The molecule has 0 bridgehead atoms. The molecule has 90 valence electrons. The average molecular weight is 240 g/mol. The maximum absolute atomic E-state index is 11.8. The molecular formula is C13H11F3O. The van der Waals surface area contributed by atoms with Crippen molar-refractivity contribution in [3.05, 3.63) is 48.0 Å². The first-order valence-corrected chi connectivity index (χ1v) is 4.87. The largest absolute Gasteiger partial charge is 0.411 e. The minimum atomic E-state index is -4.31. The molecule has 0 atom stereocenters. The Morgan fingerprint density at radius 3 is 2.47 bits per heavy atom. The zero-order chi connectivity index (χ0) is 12.7. The molecule has 1 aromatic carbocycles. The molecule has 0 saturated heterocycles. The summed E-state index contributed by atoms with van der Waals surface area (Å²) >= 11 is 0. The lowest BCUT2D eigenvalue weighted by Crippen LogP contribution is -2.17. The van der Waals surface area contributed by atoms with E-state index in [0.29, 0.717) is 5.57 Å². The summed E-state index contributed by atoms with van der Waals surface area (Å²) in [5.41, 5.74) is 1.10. The highest BCUT2D eigenvalue weighted by molar-refractivity contribution is 5.39. The lowest BCUT2D eigenvalue weighted by atomic mass is 10.2. The van der Waals surface area contributed by atoms with Crippen LogP contribution < -0.4 is 0 Å². The Bertz CT molecular complexity index is 423. The number of hydrogen-bond donors (Lipinski definition) is 0. The minimum Gasteiger partial charge on any atom is -0.367 e. The number of halogens is 3. The van der Waals surface area contributed by atoms with Gasteiger partial charge in [-0.3, -0.25) is 0 Å². The molecule has 0 radical (unpaired) electrons. The summed E-state index contributed by atoms with van der Waals surface area (Å²) in [4.78, 5) is 0. The molecular weight excluding hydrogens is 229 g/mol. The monoisotopic (exact) mass is 240 g/mol. The zero-order valence-corrected chi connectivity index (χ0v) is 9.05. The molecule has 1 rings (SSSR count). The van der Waals surface area contributed by atoms with Crippen LogP contribution in [-0.2, 0) is 4.74 Å². The Balaban J connectivity index is 2.38. The maximum Gasteiger partial charge on any atom is 0.411 e. The van der Waals surface area contributed by atoms with Gasteiger partial charge in [-0.1, -0.05) is 36.6 Å². The Labute approximate surface area is 97.9 Å². The lowest BCUT2D eigenvalue weighted by Gasteiger charge is -2.06. The van der Waals surface area contributed by atoms with Gasteiger partial charge in [0.05, 0.1) is 6.61 Å². The molecule has 1 aromatic rings. The molecule has 0 heterocycles.